The molecule has 0 spiro atoms. The van der Waals surface area contributed by atoms with Gasteiger partial charge in [-0.3, -0.25) is 0 Å². The smallest absolute Gasteiger partial charge is 0.280 e. The lowest BCUT2D eigenvalue weighted by Gasteiger charge is -2.27. The van der Waals surface area contributed by atoms with Crippen molar-refractivity contribution in [2.75, 3.05) is 26.3 Å². The molecule has 1 fully saturated rings. The summed E-state index contributed by atoms with van der Waals surface area (Å²) < 4.78 is 32.9. The van der Waals surface area contributed by atoms with Gasteiger partial charge in [-0.2, -0.15) is 22.7 Å². The minimum absolute atomic E-state index is 0.307. The zero-order valence-corrected chi connectivity index (χ0v) is 10.1. The van der Waals surface area contributed by atoms with E-state index in [0.29, 0.717) is 32.1 Å². The number of tetrazole rings is 1. The number of morpholine rings is 1. The second kappa shape index (κ2) is 5.04. The predicted octanol–water partition coefficient (Wildman–Crippen LogP) is -1.57. The molecule has 2 N–H and O–H groups in total. The van der Waals surface area contributed by atoms with Gasteiger partial charge in [-0.25, -0.2) is 0 Å². The molecule has 0 saturated carbocycles. The van der Waals surface area contributed by atoms with Crippen LogP contribution in [0.25, 0.3) is 0 Å². The molecule has 0 aliphatic carbocycles. The van der Waals surface area contributed by atoms with Gasteiger partial charge >= 0.3 is 0 Å². The molecule has 9 nitrogen and oxygen atoms in total. The summed E-state index contributed by atoms with van der Waals surface area (Å²) >= 11 is 0. The van der Waals surface area contributed by atoms with Gasteiger partial charge in [-0.05, 0) is 6.92 Å². The Labute approximate surface area is 98.7 Å². The molecule has 1 aromatic rings. The van der Waals surface area contributed by atoms with E-state index in [1.807, 2.05) is 0 Å². The summed E-state index contributed by atoms with van der Waals surface area (Å²) in [7, 11) is -3.53. The highest BCUT2D eigenvalue weighted by molar-refractivity contribution is 7.87. The van der Waals surface area contributed by atoms with Crippen LogP contribution in [0.15, 0.2) is 0 Å². The number of aromatic nitrogens is 4. The van der Waals surface area contributed by atoms with Crippen LogP contribution in [0.5, 0.6) is 0 Å². The van der Waals surface area contributed by atoms with E-state index < -0.39 is 16.3 Å². The lowest BCUT2D eigenvalue weighted by Crippen LogP contribution is -2.47. The number of hydrogen-bond donors (Lipinski definition) is 2. The van der Waals surface area contributed by atoms with Crippen LogP contribution in [0.1, 0.15) is 18.8 Å². The first-order chi connectivity index (χ1) is 8.09. The number of aromatic amines is 1. The van der Waals surface area contributed by atoms with E-state index >= 15 is 0 Å². The number of nitrogens with zero attached hydrogens (tertiary/aromatic N) is 4. The molecule has 1 atom stereocenters. The van der Waals surface area contributed by atoms with Crippen LogP contribution in [0.4, 0.5) is 0 Å². The molecule has 2 heterocycles. The largest absolute Gasteiger partial charge is 0.379 e. The Morgan fingerprint density at radius 2 is 2.18 bits per heavy atom. The average molecular weight is 262 g/mol. The molecule has 0 bridgehead atoms. The molecule has 17 heavy (non-hydrogen) atoms. The van der Waals surface area contributed by atoms with Gasteiger partial charge in [0.15, 0.2) is 5.82 Å². The van der Waals surface area contributed by atoms with Gasteiger partial charge in [0.25, 0.3) is 10.2 Å². The summed E-state index contributed by atoms with van der Waals surface area (Å²) in [5.74, 6) is 0.307. The van der Waals surface area contributed by atoms with Crippen molar-refractivity contribution in [1.82, 2.24) is 29.7 Å². The van der Waals surface area contributed by atoms with E-state index in [0.717, 1.165) is 0 Å². The van der Waals surface area contributed by atoms with Gasteiger partial charge < -0.3 is 4.74 Å². The lowest BCUT2D eigenvalue weighted by atomic mass is 10.4. The fraction of sp³-hybridized carbons (Fsp3) is 0.857. The average Bonchev–Trinajstić information content (AvgIpc) is 2.83. The molecule has 1 unspecified atom stereocenters. The summed E-state index contributed by atoms with van der Waals surface area (Å²) in [4.78, 5) is 0. The molecular formula is C7H14N6O3S. The van der Waals surface area contributed by atoms with Crippen molar-refractivity contribution in [2.24, 2.45) is 0 Å². The van der Waals surface area contributed by atoms with Crippen molar-refractivity contribution in [1.29, 1.82) is 0 Å². The maximum Gasteiger partial charge on any atom is 0.280 e. The Morgan fingerprint density at radius 1 is 1.47 bits per heavy atom. The fourth-order valence-corrected chi connectivity index (χ4v) is 2.82. The van der Waals surface area contributed by atoms with Crippen LogP contribution >= 0.6 is 0 Å². The maximum atomic E-state index is 12.0. The number of H-pyrrole nitrogens is 1. The van der Waals surface area contributed by atoms with Gasteiger partial charge in [0.2, 0.25) is 0 Å². The monoisotopic (exact) mass is 262 g/mol. The van der Waals surface area contributed by atoms with Crippen LogP contribution < -0.4 is 4.72 Å². The molecule has 2 rings (SSSR count). The number of rotatable bonds is 4. The summed E-state index contributed by atoms with van der Waals surface area (Å²) in [6.07, 6.45) is 0. The Bertz CT molecular complexity index is 440. The van der Waals surface area contributed by atoms with Crippen LogP contribution in [0.2, 0.25) is 0 Å². The second-order valence-corrected chi connectivity index (χ2v) is 5.33. The van der Waals surface area contributed by atoms with Gasteiger partial charge in [0.05, 0.1) is 19.3 Å². The molecule has 1 saturated heterocycles. The van der Waals surface area contributed by atoms with Gasteiger partial charge in [0.1, 0.15) is 0 Å². The highest BCUT2D eigenvalue weighted by Crippen LogP contribution is 2.09. The summed E-state index contributed by atoms with van der Waals surface area (Å²) in [5, 5.41) is 13.1. The lowest BCUT2D eigenvalue weighted by molar-refractivity contribution is 0.0723. The second-order valence-electron chi connectivity index (χ2n) is 3.63. The van der Waals surface area contributed by atoms with Crippen molar-refractivity contribution < 1.29 is 13.2 Å². The zero-order chi connectivity index (χ0) is 12.3. The van der Waals surface area contributed by atoms with E-state index in [9.17, 15) is 8.42 Å². The fourth-order valence-electron chi connectivity index (χ4n) is 1.49. The highest BCUT2D eigenvalue weighted by atomic mass is 32.2. The predicted molar refractivity (Wildman–Crippen MR) is 57.0 cm³/mol. The third-order valence-electron chi connectivity index (χ3n) is 2.38. The Hall–Kier alpha value is -1.10. The van der Waals surface area contributed by atoms with Crippen LogP contribution in [0.3, 0.4) is 0 Å². The molecule has 96 valence electrons. The molecule has 0 amide bonds. The van der Waals surface area contributed by atoms with Crippen molar-refractivity contribution in [3.8, 4) is 0 Å². The van der Waals surface area contributed by atoms with Crippen molar-refractivity contribution >= 4 is 10.2 Å². The Kier molecular flexibility index (Phi) is 3.66. The van der Waals surface area contributed by atoms with E-state index in [1.165, 1.54) is 4.31 Å². The van der Waals surface area contributed by atoms with Crippen molar-refractivity contribution in [3.63, 3.8) is 0 Å². The van der Waals surface area contributed by atoms with Crippen molar-refractivity contribution in [2.45, 2.75) is 13.0 Å². The van der Waals surface area contributed by atoms with Crippen LogP contribution in [0, 0.1) is 0 Å². The molecule has 1 aromatic heterocycles. The molecule has 1 aliphatic rings. The summed E-state index contributed by atoms with van der Waals surface area (Å²) in [5.41, 5.74) is 0. The molecule has 0 aromatic carbocycles. The SMILES string of the molecule is CC(NS(=O)(=O)N1CCOCC1)c1nn[nH]n1. The Balaban J connectivity index is 2.01. The summed E-state index contributed by atoms with van der Waals surface area (Å²) in [6, 6.07) is -0.526. The topological polar surface area (TPSA) is 113 Å². The third-order valence-corrected chi connectivity index (χ3v) is 4.08. The van der Waals surface area contributed by atoms with Gasteiger partial charge in [0, 0.05) is 13.1 Å². The molecule has 1 aliphatic heterocycles. The van der Waals surface area contributed by atoms with E-state index in [4.69, 9.17) is 4.74 Å². The molecule has 10 heteroatoms. The number of hydrogen-bond acceptors (Lipinski definition) is 6. The highest BCUT2D eigenvalue weighted by Gasteiger charge is 2.27. The molecular weight excluding hydrogens is 248 g/mol. The maximum absolute atomic E-state index is 12.0. The Morgan fingerprint density at radius 3 is 2.76 bits per heavy atom. The van der Waals surface area contributed by atoms with E-state index in [2.05, 4.69) is 25.3 Å². The quantitative estimate of drug-likeness (QED) is 0.677. The van der Waals surface area contributed by atoms with Crippen molar-refractivity contribution in [3.05, 3.63) is 5.82 Å². The standard InChI is InChI=1S/C7H14N6O3S/c1-6(7-8-11-12-9-7)10-17(14,15)13-2-4-16-5-3-13/h6,10H,2-5H2,1H3,(H,8,9,11,12). The molecule has 0 radical (unpaired) electrons. The minimum Gasteiger partial charge on any atom is -0.379 e. The normalized spacial score (nSPS) is 20.3. The summed E-state index contributed by atoms with van der Waals surface area (Å²) in [6.45, 7) is 3.19. The van der Waals surface area contributed by atoms with Crippen LogP contribution in [-0.2, 0) is 14.9 Å². The minimum atomic E-state index is -3.53. The van der Waals surface area contributed by atoms with E-state index in [-0.39, 0.29) is 0 Å². The number of ether oxygens (including phenoxy) is 1. The number of nitrogens with one attached hydrogen (secondary N) is 2. The first-order valence-corrected chi connectivity index (χ1v) is 6.62. The van der Waals surface area contributed by atoms with E-state index in [1.54, 1.807) is 6.92 Å². The third kappa shape index (κ3) is 2.97. The van der Waals surface area contributed by atoms with Crippen LogP contribution in [-0.4, -0.2) is 59.7 Å². The first kappa shape index (κ1) is 12.4. The zero-order valence-electron chi connectivity index (χ0n) is 9.33. The van der Waals surface area contributed by atoms with Gasteiger partial charge in [-0.1, -0.05) is 5.21 Å². The van der Waals surface area contributed by atoms with Gasteiger partial charge in [-0.15, -0.1) is 10.2 Å². The first-order valence-electron chi connectivity index (χ1n) is 5.18.